The average molecular weight is 176 g/mol. The van der Waals surface area contributed by atoms with Crippen LogP contribution in [0.1, 0.15) is 5.69 Å². The van der Waals surface area contributed by atoms with E-state index in [1.165, 1.54) is 11.0 Å². The van der Waals surface area contributed by atoms with Gasteiger partial charge >= 0.3 is 0 Å². The molecule has 0 aliphatic rings. The van der Waals surface area contributed by atoms with E-state index in [1.807, 2.05) is 0 Å². The first kappa shape index (κ1) is 7.81. The van der Waals surface area contributed by atoms with Gasteiger partial charge in [0.2, 0.25) is 0 Å². The predicted octanol–water partition coefficient (Wildman–Crippen LogP) is -0.484. The van der Waals surface area contributed by atoms with Gasteiger partial charge in [-0.2, -0.15) is 5.10 Å². The Bertz CT molecular complexity index is 382. The topological polar surface area (TPSA) is 82.5 Å². The smallest absolute Gasteiger partial charge is 0.178 e. The summed E-state index contributed by atoms with van der Waals surface area (Å²) in [4.78, 5) is 12.0. The number of hydrogen-bond donors (Lipinski definition) is 1. The minimum atomic E-state index is 0.336. The summed E-state index contributed by atoms with van der Waals surface area (Å²) >= 11 is 0. The second kappa shape index (κ2) is 3.28. The summed E-state index contributed by atoms with van der Waals surface area (Å²) in [5.74, 6) is 0.627. The Balaban J connectivity index is 2.51. The van der Waals surface area contributed by atoms with Gasteiger partial charge in [0.25, 0.3) is 0 Å². The highest BCUT2D eigenvalue weighted by atomic mass is 15.3. The molecule has 0 unspecified atom stereocenters. The van der Waals surface area contributed by atoms with Crippen LogP contribution in [0.25, 0.3) is 5.82 Å². The molecule has 2 aromatic rings. The van der Waals surface area contributed by atoms with Crippen LogP contribution in [-0.4, -0.2) is 24.7 Å². The van der Waals surface area contributed by atoms with Crippen molar-refractivity contribution in [1.29, 1.82) is 0 Å². The Kier molecular flexibility index (Phi) is 1.97. The molecule has 66 valence electrons. The van der Waals surface area contributed by atoms with Crippen LogP contribution in [0, 0.1) is 0 Å². The minimum Gasteiger partial charge on any atom is -0.325 e. The fourth-order valence-electron chi connectivity index (χ4n) is 1.01. The van der Waals surface area contributed by atoms with Gasteiger partial charge in [-0.15, -0.1) is 0 Å². The molecule has 13 heavy (non-hydrogen) atoms. The molecule has 0 radical (unpaired) electrons. The normalized spacial score (nSPS) is 10.2. The standard InChI is InChI=1S/C7H8N6/c8-3-6-7(11-2-1-10-6)13-5-9-4-12-13/h1-2,4-5H,3,8H2. The maximum Gasteiger partial charge on any atom is 0.178 e. The first-order valence-electron chi connectivity index (χ1n) is 3.77. The lowest BCUT2D eigenvalue weighted by molar-refractivity contribution is 0.801. The van der Waals surface area contributed by atoms with Crippen molar-refractivity contribution in [1.82, 2.24) is 24.7 Å². The number of nitrogens with zero attached hydrogens (tertiary/aromatic N) is 5. The van der Waals surface area contributed by atoms with Gasteiger partial charge < -0.3 is 5.73 Å². The molecule has 2 N–H and O–H groups in total. The van der Waals surface area contributed by atoms with Crippen molar-refractivity contribution in [2.75, 3.05) is 0 Å². The van der Waals surface area contributed by atoms with E-state index < -0.39 is 0 Å². The van der Waals surface area contributed by atoms with Crippen molar-refractivity contribution in [2.24, 2.45) is 5.73 Å². The van der Waals surface area contributed by atoms with Gasteiger partial charge in [-0.3, -0.25) is 4.98 Å². The Morgan fingerprint density at radius 3 is 2.85 bits per heavy atom. The van der Waals surface area contributed by atoms with E-state index in [0.717, 1.165) is 0 Å². The lowest BCUT2D eigenvalue weighted by Gasteiger charge is -2.02. The van der Waals surface area contributed by atoms with Crippen LogP contribution in [0.15, 0.2) is 25.0 Å². The van der Waals surface area contributed by atoms with Crippen molar-refractivity contribution in [3.05, 3.63) is 30.7 Å². The first-order valence-corrected chi connectivity index (χ1v) is 3.77. The van der Waals surface area contributed by atoms with E-state index in [4.69, 9.17) is 5.73 Å². The van der Waals surface area contributed by atoms with Gasteiger partial charge in [0.1, 0.15) is 12.7 Å². The molecule has 0 fully saturated rings. The maximum absolute atomic E-state index is 5.49. The van der Waals surface area contributed by atoms with E-state index in [2.05, 4.69) is 20.1 Å². The third kappa shape index (κ3) is 1.38. The molecule has 0 bridgehead atoms. The molecular formula is C7H8N6. The summed E-state index contributed by atoms with van der Waals surface area (Å²) in [5, 5.41) is 3.94. The number of aromatic nitrogens is 5. The molecule has 0 aliphatic heterocycles. The summed E-state index contributed by atoms with van der Waals surface area (Å²) in [6, 6.07) is 0. The van der Waals surface area contributed by atoms with Crippen LogP contribution in [-0.2, 0) is 6.54 Å². The lowest BCUT2D eigenvalue weighted by Crippen LogP contribution is -2.08. The Labute approximate surface area is 74.5 Å². The molecule has 0 spiro atoms. The van der Waals surface area contributed by atoms with E-state index in [-0.39, 0.29) is 0 Å². The number of nitrogens with two attached hydrogens (primary N) is 1. The second-order valence-corrected chi connectivity index (χ2v) is 2.37. The molecule has 0 saturated heterocycles. The van der Waals surface area contributed by atoms with Gasteiger partial charge in [0.15, 0.2) is 5.82 Å². The Morgan fingerprint density at radius 1 is 1.31 bits per heavy atom. The zero-order valence-electron chi connectivity index (χ0n) is 6.83. The molecule has 2 rings (SSSR count). The summed E-state index contributed by atoms with van der Waals surface area (Å²) in [5.41, 5.74) is 6.19. The van der Waals surface area contributed by atoms with Gasteiger partial charge in [0.05, 0.1) is 5.69 Å². The SMILES string of the molecule is NCc1nccnc1-n1cncn1. The third-order valence-electron chi connectivity index (χ3n) is 1.58. The highest BCUT2D eigenvalue weighted by molar-refractivity contribution is 5.25. The fourth-order valence-corrected chi connectivity index (χ4v) is 1.01. The van der Waals surface area contributed by atoms with Crippen LogP contribution in [0.3, 0.4) is 0 Å². The quantitative estimate of drug-likeness (QED) is 0.668. The van der Waals surface area contributed by atoms with Crippen LogP contribution in [0.4, 0.5) is 0 Å². The van der Waals surface area contributed by atoms with Crippen LogP contribution < -0.4 is 5.73 Å². The maximum atomic E-state index is 5.49. The third-order valence-corrected chi connectivity index (χ3v) is 1.58. The average Bonchev–Trinajstić information content (AvgIpc) is 2.70. The molecule has 2 heterocycles. The van der Waals surface area contributed by atoms with Crippen molar-refractivity contribution >= 4 is 0 Å². The summed E-state index contributed by atoms with van der Waals surface area (Å²) < 4.78 is 1.54. The van der Waals surface area contributed by atoms with E-state index in [0.29, 0.717) is 18.1 Å². The van der Waals surface area contributed by atoms with E-state index in [1.54, 1.807) is 18.7 Å². The predicted molar refractivity (Wildman–Crippen MR) is 44.8 cm³/mol. The minimum absolute atomic E-state index is 0.336. The van der Waals surface area contributed by atoms with Crippen molar-refractivity contribution in [3.63, 3.8) is 0 Å². The molecule has 6 nitrogen and oxygen atoms in total. The van der Waals surface area contributed by atoms with Gasteiger partial charge in [-0.25, -0.2) is 14.6 Å². The first-order chi connectivity index (χ1) is 6.42. The van der Waals surface area contributed by atoms with Crippen molar-refractivity contribution < 1.29 is 0 Å². The van der Waals surface area contributed by atoms with Gasteiger partial charge in [-0.05, 0) is 0 Å². The monoisotopic (exact) mass is 176 g/mol. The molecule has 6 heteroatoms. The molecule has 0 atom stereocenters. The molecule has 0 saturated carbocycles. The molecule has 0 aliphatic carbocycles. The molecular weight excluding hydrogens is 168 g/mol. The largest absolute Gasteiger partial charge is 0.325 e. The zero-order valence-corrected chi connectivity index (χ0v) is 6.83. The Morgan fingerprint density at radius 2 is 2.15 bits per heavy atom. The van der Waals surface area contributed by atoms with Gasteiger partial charge in [-0.1, -0.05) is 0 Å². The fraction of sp³-hybridized carbons (Fsp3) is 0.143. The number of rotatable bonds is 2. The van der Waals surface area contributed by atoms with Crippen LogP contribution in [0.2, 0.25) is 0 Å². The van der Waals surface area contributed by atoms with Crippen molar-refractivity contribution in [3.8, 4) is 5.82 Å². The number of hydrogen-bond acceptors (Lipinski definition) is 5. The lowest BCUT2D eigenvalue weighted by atomic mass is 10.4. The van der Waals surface area contributed by atoms with E-state index >= 15 is 0 Å². The van der Waals surface area contributed by atoms with Gasteiger partial charge in [0, 0.05) is 18.9 Å². The second-order valence-electron chi connectivity index (χ2n) is 2.37. The van der Waals surface area contributed by atoms with Crippen molar-refractivity contribution in [2.45, 2.75) is 6.54 Å². The summed E-state index contributed by atoms with van der Waals surface area (Å²) in [6.45, 7) is 0.336. The van der Waals surface area contributed by atoms with E-state index in [9.17, 15) is 0 Å². The Hall–Kier alpha value is -1.82. The highest BCUT2D eigenvalue weighted by Gasteiger charge is 2.04. The molecule has 0 aromatic carbocycles. The molecule has 0 amide bonds. The zero-order chi connectivity index (χ0) is 9.10. The molecule has 2 aromatic heterocycles. The summed E-state index contributed by atoms with van der Waals surface area (Å²) in [7, 11) is 0. The van der Waals surface area contributed by atoms with Crippen LogP contribution >= 0.6 is 0 Å². The summed E-state index contributed by atoms with van der Waals surface area (Å²) in [6.07, 6.45) is 6.19. The van der Waals surface area contributed by atoms with Crippen LogP contribution in [0.5, 0.6) is 0 Å². The highest BCUT2D eigenvalue weighted by Crippen LogP contribution is 2.04.